The number of aryl methyl sites for hydroxylation is 3. The number of nitrogens with zero attached hydrogens (tertiary/aromatic N) is 9. The SMILES string of the molecule is CC(N)=O.CC1=CCC=N1.CC1CCCCC1.CC1COC1.CCC(=N)CC(=N)N.CCC(=N)N.CCC(C)=O.CCC(N)=S.CCN(C)C.CCN(CC)C(C)=O.CCS(C)(=O)=O.CN(C)C.CN1CCNC1=O.CNC(N)=O.CNC=O.CNP(C)(C)=O.CNS(=O)[O-].CS(C)(=O)=O.C[C@H]1CCOC1.Cc1ccccc1.Cc1ccccn1.Cc1cncs1.[C-]#[N+]/N=C(\N)CC. The van der Waals surface area contributed by atoms with Crippen LogP contribution < -0.4 is 60.2 Å². The Bertz CT molecular complexity index is 3500. The molecule has 1 unspecified atom stereocenters. The Kier molecular flexibility index (Phi) is 140. The summed E-state index contributed by atoms with van der Waals surface area (Å²) >= 11 is 4.07. The summed E-state index contributed by atoms with van der Waals surface area (Å²) in [5, 5.41) is 33.3. The molecule has 0 radical (unpaired) electrons. The quantitative estimate of drug-likeness (QED) is 0.0104. The van der Waals surface area contributed by atoms with E-state index in [1.807, 2.05) is 154 Å². The van der Waals surface area contributed by atoms with Gasteiger partial charge in [0.25, 0.3) is 0 Å². The summed E-state index contributed by atoms with van der Waals surface area (Å²) in [4.78, 5) is 82.4. The lowest BCUT2D eigenvalue weighted by Crippen LogP contribution is -2.27. The molecule has 5 aliphatic rings. The molecular weight excluding hydrogens is 1820 g/mol. The van der Waals surface area contributed by atoms with Crippen molar-refractivity contribution in [3.63, 3.8) is 0 Å². The van der Waals surface area contributed by atoms with Gasteiger partial charge < -0.3 is 98.7 Å². The number of urea groups is 2. The maximum Gasteiger partial charge on any atom is 0.317 e. The molecule has 3 saturated heterocycles. The zero-order valence-electron chi connectivity index (χ0n) is 87.7. The molecular formula is C89H185N23O15PS5-. The van der Waals surface area contributed by atoms with E-state index in [1.165, 1.54) is 76.2 Å². The molecule has 4 aliphatic heterocycles. The summed E-state index contributed by atoms with van der Waals surface area (Å²) in [6.07, 6.45) is 25.4. The highest BCUT2D eigenvalue weighted by atomic mass is 32.2. The summed E-state index contributed by atoms with van der Waals surface area (Å²) in [6.45, 7) is 54.4. The lowest BCUT2D eigenvalue weighted by molar-refractivity contribution is -0.128. The number of benzene rings is 1. The first-order valence-electron chi connectivity index (χ1n) is 43.3. The number of hydrogen-bond acceptors (Lipinski definition) is 26. The van der Waals surface area contributed by atoms with Crippen LogP contribution in [0.3, 0.4) is 0 Å². The molecule has 7 amide bonds. The molecule has 44 heteroatoms. The number of thiocarbonyl (C=S) groups is 1. The van der Waals surface area contributed by atoms with Crippen LogP contribution in [-0.2, 0) is 64.2 Å². The Balaban J connectivity index is -0.0000000844. The van der Waals surface area contributed by atoms with Crippen LogP contribution in [0.1, 0.15) is 210 Å². The number of primary amides is 2. The van der Waals surface area contributed by atoms with Gasteiger partial charge in [-0.05, 0) is 148 Å². The largest absolute Gasteiger partial charge is 0.760 e. The third kappa shape index (κ3) is 223. The molecule has 0 spiro atoms. The van der Waals surface area contributed by atoms with Gasteiger partial charge in [0.15, 0.2) is 5.84 Å². The number of hydrogen-bond donors (Lipinski definition) is 14. The molecule has 2 aromatic heterocycles. The van der Waals surface area contributed by atoms with E-state index in [1.54, 1.807) is 82.6 Å². The van der Waals surface area contributed by atoms with E-state index in [0.29, 0.717) is 55.1 Å². The predicted octanol–water partition coefficient (Wildman–Crippen LogP) is 12.7. The lowest BCUT2D eigenvalue weighted by atomic mass is 9.91. The molecule has 6 heterocycles. The fourth-order valence-corrected chi connectivity index (χ4v) is 6.18. The number of aliphatic imine (C=N–C) groups is 1. The average molecular weight is 2010 g/mol. The summed E-state index contributed by atoms with van der Waals surface area (Å²) < 4.78 is 80.1. The number of nitrogens with two attached hydrogens (primary N) is 6. The first-order chi connectivity index (χ1) is 61.4. The van der Waals surface area contributed by atoms with Crippen molar-refractivity contribution in [2.24, 2.45) is 62.2 Å². The number of thiazole rings is 1. The highest BCUT2D eigenvalue weighted by Gasteiger charge is 2.13. The normalized spacial score (nSPS) is 12.8. The van der Waals surface area contributed by atoms with Crippen LogP contribution in [-0.4, -0.2) is 293 Å². The minimum atomic E-state index is -2.67. The standard InChI is InChI=1S/C7H14.C7H8.C6H13NO.C6H7N.C5H11N3.C5H7N.C5H10O.C4H7N3.C4H8N2O.C4H5NS.C4H11N.2C4H8O.C3H8N2.C3H10NOP.C3H7NS.C3H9N.C3H8O2S.C2H6N2O.2C2H5NO.C2H6O2S.CH5NO2S/c2*1-7-5-3-2-4-6-7;1-4-7(5-2)6(3)8;1-6-4-2-3-5-7-6;1-2-4(6)3-5(7)8;1-5-3-2-4-6-5;1-5-2-3-6-4-5;1-3-4(5)7-6-2;1-6-3-2-5-4(6)7;1-4-2-5-3-6-4;1-4-5(2)3;1-4-2-5-3-4;1-3-4(2)5;1-2-3(4)5;1-4-6(2,3)5;1-2-3(4)5;1-4(2)3;1-3-6(2,4)5;1-4-2(3)5;1-3-2-4;1-2(3)4;1-5(2,3)4;1-2-5(3)4/h7H,2-6H2,1H3;2-6H,1H3;4-5H2,1-3H3;2-5H,1H3;6H,2-3H2,1H3,(H3,7,8);3-4H,2H2,1H3;5H,2-4H2,1H3;3H2,1H3,(H2,5,7);2-3H2,1H3,(H,5,7);2-3H,1H3;4H2,1-3H3;4H,2-3H2,1H3;3H2,1-2H3;2H2,1H3,(H3,4,5);1-3H3,(H,4,5);2H2,1H3,(H2,4,5);1-3H3;3H2,1-2H3;1H3,(H3,3,4,5);2H,1H3,(H,3,4);1H3,(H2,3,4);1-2H3;2H,1H3,(H,3,4)/p-1/t;;;;;;5-;;;;;;;;;;;;;;;;/m......0................/s1. The number of amidine groups is 3. The number of sulfone groups is 2. The molecule has 3 aromatic rings. The fraction of sp³-hybridized carbons (Fsp3) is 0.674. The van der Waals surface area contributed by atoms with Gasteiger partial charge in [-0.1, -0.05) is 162 Å². The van der Waals surface area contributed by atoms with E-state index in [-0.39, 0.29) is 41.1 Å². The van der Waals surface area contributed by atoms with Crippen LogP contribution in [0, 0.1) is 61.3 Å². The second-order valence-electron chi connectivity index (χ2n) is 29.5. The topological polar surface area (TPSA) is 602 Å². The number of rotatable bonds is 14. The molecule has 1 saturated carbocycles. The number of likely N-dealkylation sites (N-methyl/N-ethyl adjacent to an activating group) is 1. The van der Waals surface area contributed by atoms with Crippen molar-refractivity contribution in [1.82, 2.24) is 55.3 Å². The fourth-order valence-electron chi connectivity index (χ4n) is 5.77. The van der Waals surface area contributed by atoms with Crippen molar-refractivity contribution < 1.29 is 68.4 Å². The zero-order chi connectivity index (χ0) is 108. The number of carbonyl (C=O) groups is 6. The van der Waals surface area contributed by atoms with Crippen LogP contribution in [0.15, 0.2) is 88.3 Å². The Morgan fingerprint density at radius 3 is 1.25 bits per heavy atom. The lowest BCUT2D eigenvalue weighted by Gasteiger charge is -2.20. The molecule has 782 valence electrons. The van der Waals surface area contributed by atoms with Gasteiger partial charge in [0.2, 0.25) is 18.2 Å². The van der Waals surface area contributed by atoms with Crippen LogP contribution in [0.4, 0.5) is 9.59 Å². The van der Waals surface area contributed by atoms with E-state index in [9.17, 15) is 54.1 Å². The zero-order valence-corrected chi connectivity index (χ0v) is 92.7. The monoisotopic (exact) mass is 2010 g/mol. The van der Waals surface area contributed by atoms with E-state index < -0.39 is 44.3 Å². The second-order valence-corrected chi connectivity index (χ2v) is 39.9. The maximum atomic E-state index is 10.5. The van der Waals surface area contributed by atoms with Gasteiger partial charge >= 0.3 is 12.1 Å². The van der Waals surface area contributed by atoms with Crippen LogP contribution >= 0.6 is 30.8 Å². The summed E-state index contributed by atoms with van der Waals surface area (Å²) in [6, 6.07) is 15.7. The van der Waals surface area contributed by atoms with Crippen LogP contribution in [0.25, 0.3) is 4.95 Å². The van der Waals surface area contributed by atoms with E-state index in [0.717, 1.165) is 114 Å². The molecule has 38 nitrogen and oxygen atoms in total. The van der Waals surface area contributed by atoms with Gasteiger partial charge in [-0.3, -0.25) is 54.2 Å². The molecule has 133 heavy (non-hydrogen) atoms. The Hall–Kier alpha value is -8.51. The van der Waals surface area contributed by atoms with E-state index in [4.69, 9.17) is 60.0 Å². The van der Waals surface area contributed by atoms with Crippen LogP contribution in [0.2, 0.25) is 0 Å². The highest BCUT2D eigenvalue weighted by molar-refractivity contribution is 7.90. The maximum absolute atomic E-state index is 10.5. The number of pyridine rings is 1. The molecule has 4 fully saturated rings. The number of aromatic nitrogens is 2. The number of carbonyl (C=O) groups excluding carboxylic acids is 6. The van der Waals surface area contributed by atoms with Crippen molar-refractivity contribution in [2.45, 2.75) is 215 Å². The van der Waals surface area contributed by atoms with Gasteiger partial charge in [-0.2, -0.15) is 6.57 Å². The molecule has 20 N–H and O–H groups in total. The van der Waals surface area contributed by atoms with Crippen molar-refractivity contribution in [3.8, 4) is 0 Å². The molecule has 1 aliphatic carbocycles. The minimum Gasteiger partial charge on any atom is -0.760 e. The van der Waals surface area contributed by atoms with Gasteiger partial charge in [-0.25, -0.2) is 26.4 Å². The summed E-state index contributed by atoms with van der Waals surface area (Å²) in [7, 11) is 10.7. The molecule has 0 bridgehead atoms. The van der Waals surface area contributed by atoms with Crippen molar-refractivity contribution >= 4 is 132 Å². The average Bonchev–Trinajstić information content (AvgIpc) is 1.82. The van der Waals surface area contributed by atoms with Gasteiger partial charge in [-0.15, -0.1) is 16.3 Å². The smallest absolute Gasteiger partial charge is 0.317 e. The molecule has 1 aromatic carbocycles. The van der Waals surface area contributed by atoms with Crippen LogP contribution in [0.5, 0.6) is 0 Å². The number of Topliss-reactive ketones (excluding diaryl/α,β-unsaturated/α-hetero) is 1. The van der Waals surface area contributed by atoms with E-state index >= 15 is 0 Å². The van der Waals surface area contributed by atoms with E-state index in [2.05, 4.69) is 142 Å². The number of nitrogens with one attached hydrogen (secondary N) is 8. The highest BCUT2D eigenvalue weighted by Crippen LogP contribution is 2.27. The summed E-state index contributed by atoms with van der Waals surface area (Å²) in [5.41, 5.74) is 34.9. The number of ether oxygens (including phenoxy) is 2. The first-order valence-corrected chi connectivity index (χ1v) is 52.7. The Morgan fingerprint density at radius 1 is 0.744 bits per heavy atom. The molecule has 2 atom stereocenters. The van der Waals surface area contributed by atoms with Crippen molar-refractivity contribution in [1.29, 1.82) is 16.2 Å². The third-order valence-electron chi connectivity index (χ3n) is 14.1. The summed E-state index contributed by atoms with van der Waals surface area (Å²) in [5.74, 6) is 3.76. The van der Waals surface area contributed by atoms with Crippen molar-refractivity contribution in [3.05, 3.63) is 106 Å². The number of allylic oxidation sites excluding steroid dienone is 2. The Morgan fingerprint density at radius 2 is 1.16 bits per heavy atom. The second kappa shape index (κ2) is 118. The predicted molar refractivity (Wildman–Crippen MR) is 569 cm³/mol. The van der Waals surface area contributed by atoms with Gasteiger partial charge in [0.1, 0.15) is 37.9 Å². The molecule has 8 rings (SSSR count). The number of ketones is 1. The number of amides is 7. The Labute approximate surface area is 817 Å². The van der Waals surface area contributed by atoms with Crippen molar-refractivity contribution in [2.75, 3.05) is 167 Å². The first kappa shape index (κ1) is 158. The van der Waals surface area contributed by atoms with Gasteiger partial charge in [0.05, 0.1) is 35.4 Å². The minimum absolute atomic E-state index is 0.0417. The van der Waals surface area contributed by atoms with Gasteiger partial charge in [0, 0.05) is 202 Å². The third-order valence-corrected chi connectivity index (χ3v) is 17.5.